The van der Waals surface area contributed by atoms with Crippen LogP contribution in [0.3, 0.4) is 0 Å². The number of hydrogen-bond acceptors (Lipinski definition) is 3. The maximum absolute atomic E-state index is 10.1. The van der Waals surface area contributed by atoms with Gasteiger partial charge in [-0.2, -0.15) is 0 Å². The van der Waals surface area contributed by atoms with Crippen molar-refractivity contribution >= 4 is 10.8 Å². The summed E-state index contributed by atoms with van der Waals surface area (Å²) in [5.74, 6) is 1.17. The van der Waals surface area contributed by atoms with E-state index in [0.29, 0.717) is 0 Å². The van der Waals surface area contributed by atoms with Crippen LogP contribution in [0.15, 0.2) is 115 Å². The Kier molecular flexibility index (Phi) is 5.25. The quantitative estimate of drug-likeness (QED) is 0.247. The van der Waals surface area contributed by atoms with Crippen LogP contribution in [0, 0.1) is 0 Å². The second-order valence-electron chi connectivity index (χ2n) is 8.53. The molecule has 5 rings (SSSR count). The number of aliphatic hydroxyl groups is 1. The van der Waals surface area contributed by atoms with Gasteiger partial charge in [-0.25, -0.2) is 0 Å². The van der Waals surface area contributed by atoms with Crippen molar-refractivity contribution in [3.63, 3.8) is 0 Å². The Morgan fingerprint density at radius 1 is 0.853 bits per heavy atom. The van der Waals surface area contributed by atoms with Gasteiger partial charge in [-0.05, 0) is 99.6 Å². The lowest BCUT2D eigenvalue weighted by atomic mass is 9.67. The van der Waals surface area contributed by atoms with Gasteiger partial charge >= 0.3 is 0 Å². The van der Waals surface area contributed by atoms with Crippen molar-refractivity contribution in [2.24, 2.45) is 0 Å². The molecular weight excluding hydrogens is 420 g/mol. The van der Waals surface area contributed by atoms with Crippen molar-refractivity contribution in [3.05, 3.63) is 132 Å². The molecule has 4 aromatic carbocycles. The van der Waals surface area contributed by atoms with Crippen LogP contribution in [0.1, 0.15) is 23.6 Å². The van der Waals surface area contributed by atoms with Gasteiger partial charge in [0.25, 0.3) is 0 Å². The summed E-state index contributed by atoms with van der Waals surface area (Å²) in [6, 6.07) is 26.2. The number of rotatable bonds is 5. The number of fused-ring (bicyclic) bond motifs is 4. The lowest BCUT2D eigenvalue weighted by Gasteiger charge is -2.34. The van der Waals surface area contributed by atoms with Gasteiger partial charge in [0.05, 0.1) is 12.5 Å². The molecule has 0 aromatic heterocycles. The van der Waals surface area contributed by atoms with Crippen LogP contribution in [0.2, 0.25) is 0 Å². The van der Waals surface area contributed by atoms with E-state index in [1.807, 2.05) is 36.4 Å². The second kappa shape index (κ2) is 8.27. The number of methoxy groups -OCH3 is 1. The molecule has 34 heavy (non-hydrogen) atoms. The predicted octanol–water partition coefficient (Wildman–Crippen LogP) is 7.44. The van der Waals surface area contributed by atoms with Gasteiger partial charge in [-0.3, -0.25) is 0 Å². The zero-order valence-electron chi connectivity index (χ0n) is 19.2. The van der Waals surface area contributed by atoms with Gasteiger partial charge in [0.1, 0.15) is 17.3 Å². The fourth-order valence-electron chi connectivity index (χ4n) is 5.08. The Labute approximate surface area is 199 Å². The Hall–Kier alpha value is -4.24. The number of ether oxygens (including phenoxy) is 1. The highest BCUT2D eigenvalue weighted by molar-refractivity contribution is 5.96. The van der Waals surface area contributed by atoms with E-state index in [1.54, 1.807) is 38.3 Å². The average Bonchev–Trinajstić information content (AvgIpc) is 3.15. The minimum atomic E-state index is -0.709. The maximum Gasteiger partial charge on any atom is 0.119 e. The minimum Gasteiger partial charge on any atom is -0.508 e. The van der Waals surface area contributed by atoms with E-state index in [4.69, 9.17) is 4.74 Å². The molecular formula is C31H26O3. The zero-order valence-corrected chi connectivity index (χ0v) is 19.2. The average molecular weight is 447 g/mol. The first kappa shape index (κ1) is 21.6. The van der Waals surface area contributed by atoms with Crippen LogP contribution in [0.25, 0.3) is 21.9 Å². The third-order valence-electron chi connectivity index (χ3n) is 6.74. The van der Waals surface area contributed by atoms with Crippen LogP contribution < -0.4 is 4.74 Å². The fourth-order valence-corrected chi connectivity index (χ4v) is 5.08. The summed E-state index contributed by atoms with van der Waals surface area (Å²) in [5, 5.41) is 22.5. The van der Waals surface area contributed by atoms with E-state index >= 15 is 0 Å². The molecule has 3 heteroatoms. The lowest BCUT2D eigenvalue weighted by molar-refractivity contribution is 0.415. The Balaban J connectivity index is 1.91. The third kappa shape index (κ3) is 3.20. The molecule has 0 radical (unpaired) electrons. The number of aliphatic hydroxyl groups excluding tert-OH is 1. The minimum absolute atomic E-state index is 0.175. The summed E-state index contributed by atoms with van der Waals surface area (Å²) in [6.45, 7) is 6.30. The molecule has 1 unspecified atom stereocenters. The van der Waals surface area contributed by atoms with E-state index < -0.39 is 5.41 Å². The molecule has 1 atom stereocenters. The first-order chi connectivity index (χ1) is 16.5. The number of hydrogen-bond donors (Lipinski definition) is 2. The summed E-state index contributed by atoms with van der Waals surface area (Å²) in [7, 11) is 1.67. The largest absolute Gasteiger partial charge is 0.508 e. The van der Waals surface area contributed by atoms with Crippen LogP contribution >= 0.6 is 0 Å². The van der Waals surface area contributed by atoms with Gasteiger partial charge in [-0.1, -0.05) is 55.1 Å². The van der Waals surface area contributed by atoms with Gasteiger partial charge in [-0.15, -0.1) is 0 Å². The predicted molar refractivity (Wildman–Crippen MR) is 139 cm³/mol. The monoisotopic (exact) mass is 446 g/mol. The third-order valence-corrected chi connectivity index (χ3v) is 6.74. The second-order valence-corrected chi connectivity index (χ2v) is 8.53. The molecule has 0 amide bonds. The number of benzene rings is 4. The SMILES string of the molecule is C=C(/C=C\C(O)=C/C)C1(c2ccc(O)cc2)c2ccc(OC)cc2-c2cc3ccccc3cc21. The Morgan fingerprint density at radius 3 is 2.21 bits per heavy atom. The molecule has 1 aliphatic rings. The lowest BCUT2D eigenvalue weighted by Crippen LogP contribution is -2.28. The van der Waals surface area contributed by atoms with Crippen LogP contribution in [-0.4, -0.2) is 17.3 Å². The maximum atomic E-state index is 10.1. The molecule has 0 saturated heterocycles. The summed E-state index contributed by atoms with van der Waals surface area (Å²) in [5.41, 5.74) is 5.48. The number of aromatic hydroxyl groups is 1. The number of phenols is 1. The molecule has 0 bridgehead atoms. The summed E-state index contributed by atoms with van der Waals surface area (Å²) in [6.07, 6.45) is 5.19. The highest BCUT2D eigenvalue weighted by Crippen LogP contribution is 2.57. The fraction of sp³-hybridized carbons (Fsp3) is 0.0968. The van der Waals surface area contributed by atoms with Crippen LogP contribution in [-0.2, 0) is 5.41 Å². The standard InChI is InChI=1S/C31H26O3/c1-4-24(32)12-9-20(2)31(23-10-13-25(33)14-11-23)29-16-15-26(34-3)19-28(29)27-17-21-7-5-6-8-22(21)18-30(27)31/h4-19,32-33H,2H2,1,3H3/b12-9-,24-4+. The normalized spacial score (nSPS) is 17.1. The number of phenolic OH excluding ortho intramolecular Hbond substituents is 1. The van der Waals surface area contributed by atoms with Crippen molar-refractivity contribution in [1.29, 1.82) is 0 Å². The van der Waals surface area contributed by atoms with E-state index in [1.165, 1.54) is 0 Å². The van der Waals surface area contributed by atoms with Gasteiger partial charge in [0.2, 0.25) is 0 Å². The first-order valence-corrected chi connectivity index (χ1v) is 11.2. The molecule has 2 N–H and O–H groups in total. The van der Waals surface area contributed by atoms with Crippen molar-refractivity contribution in [1.82, 2.24) is 0 Å². The molecule has 1 aliphatic carbocycles. The molecule has 0 spiro atoms. The molecule has 3 nitrogen and oxygen atoms in total. The highest BCUT2D eigenvalue weighted by Gasteiger charge is 2.46. The summed E-state index contributed by atoms with van der Waals surface area (Å²) in [4.78, 5) is 0. The van der Waals surface area contributed by atoms with Gasteiger partial charge < -0.3 is 14.9 Å². The molecule has 168 valence electrons. The molecule has 0 saturated carbocycles. The Morgan fingerprint density at radius 2 is 1.53 bits per heavy atom. The Bertz CT molecular complexity index is 1470. The van der Waals surface area contributed by atoms with E-state index in [9.17, 15) is 10.2 Å². The zero-order chi connectivity index (χ0) is 23.9. The van der Waals surface area contributed by atoms with Crippen LogP contribution in [0.4, 0.5) is 0 Å². The molecule has 0 fully saturated rings. The summed E-state index contributed by atoms with van der Waals surface area (Å²) >= 11 is 0. The van der Waals surface area contributed by atoms with Gasteiger partial charge in [0.15, 0.2) is 0 Å². The van der Waals surface area contributed by atoms with Crippen molar-refractivity contribution in [2.75, 3.05) is 7.11 Å². The van der Waals surface area contributed by atoms with Crippen LogP contribution in [0.5, 0.6) is 11.5 Å². The smallest absolute Gasteiger partial charge is 0.119 e. The topological polar surface area (TPSA) is 49.7 Å². The van der Waals surface area contributed by atoms with E-state index in [0.717, 1.165) is 49.9 Å². The van der Waals surface area contributed by atoms with E-state index in [-0.39, 0.29) is 11.5 Å². The first-order valence-electron chi connectivity index (χ1n) is 11.2. The van der Waals surface area contributed by atoms with Crippen molar-refractivity contribution in [3.8, 4) is 22.6 Å². The van der Waals surface area contributed by atoms with Crippen molar-refractivity contribution in [2.45, 2.75) is 12.3 Å². The molecule has 0 heterocycles. The van der Waals surface area contributed by atoms with Crippen molar-refractivity contribution < 1.29 is 14.9 Å². The molecule has 0 aliphatic heterocycles. The van der Waals surface area contributed by atoms with Gasteiger partial charge in [0, 0.05) is 0 Å². The summed E-state index contributed by atoms with van der Waals surface area (Å²) < 4.78 is 5.58. The highest BCUT2D eigenvalue weighted by atomic mass is 16.5. The number of allylic oxidation sites excluding steroid dienone is 4. The van der Waals surface area contributed by atoms with E-state index in [2.05, 4.69) is 43.0 Å². The molecule has 4 aromatic rings.